The summed E-state index contributed by atoms with van der Waals surface area (Å²) in [5.41, 5.74) is -1.25. The van der Waals surface area contributed by atoms with Gasteiger partial charge in [0.15, 0.2) is 11.2 Å². The van der Waals surface area contributed by atoms with Crippen molar-refractivity contribution in [2.24, 2.45) is 0 Å². The van der Waals surface area contributed by atoms with Crippen molar-refractivity contribution in [3.05, 3.63) is 23.0 Å². The summed E-state index contributed by atoms with van der Waals surface area (Å²) in [6, 6.07) is 0. The van der Waals surface area contributed by atoms with E-state index in [0.717, 1.165) is 0 Å². The standard InChI is InChI=1S/C10H12N4O4/c15-3-10(6(16)1-2-18-10)14-5-13-7-8(14)11-4-12-9(7)17/h4-6,15-16H,1-3H2,(H,11,12,17)/t6-,10-/m0/s1. The van der Waals surface area contributed by atoms with Crippen LogP contribution in [0.15, 0.2) is 17.4 Å². The van der Waals surface area contributed by atoms with Crippen molar-refractivity contribution in [3.8, 4) is 0 Å². The summed E-state index contributed by atoms with van der Waals surface area (Å²) in [4.78, 5) is 21.8. The lowest BCUT2D eigenvalue weighted by Crippen LogP contribution is -2.45. The van der Waals surface area contributed by atoms with E-state index in [1.165, 1.54) is 17.2 Å². The average Bonchev–Trinajstić information content (AvgIpc) is 2.94. The van der Waals surface area contributed by atoms with Crippen LogP contribution in [0.2, 0.25) is 0 Å². The van der Waals surface area contributed by atoms with E-state index in [0.29, 0.717) is 18.7 Å². The van der Waals surface area contributed by atoms with Crippen LogP contribution >= 0.6 is 0 Å². The number of hydrogen-bond acceptors (Lipinski definition) is 6. The molecule has 2 aromatic heterocycles. The monoisotopic (exact) mass is 252 g/mol. The van der Waals surface area contributed by atoms with Gasteiger partial charge >= 0.3 is 5.56 Å². The van der Waals surface area contributed by atoms with Crippen LogP contribution in [0.4, 0.5) is 0 Å². The molecule has 0 saturated carbocycles. The number of ether oxygens (including phenoxy) is 1. The number of aromatic amines is 1. The van der Waals surface area contributed by atoms with Gasteiger partial charge in [0.1, 0.15) is 11.8 Å². The molecule has 0 radical (unpaired) electrons. The van der Waals surface area contributed by atoms with Crippen molar-refractivity contribution in [3.63, 3.8) is 0 Å². The van der Waals surface area contributed by atoms with Crippen molar-refractivity contribution < 1.29 is 14.9 Å². The van der Waals surface area contributed by atoms with E-state index in [1.807, 2.05) is 0 Å². The molecule has 3 rings (SSSR count). The van der Waals surface area contributed by atoms with Gasteiger partial charge in [0.05, 0.1) is 25.9 Å². The van der Waals surface area contributed by atoms with Gasteiger partial charge in [-0.05, 0) is 0 Å². The lowest BCUT2D eigenvalue weighted by Gasteiger charge is -2.31. The van der Waals surface area contributed by atoms with Gasteiger partial charge in [-0.1, -0.05) is 0 Å². The quantitative estimate of drug-likeness (QED) is 0.602. The highest BCUT2D eigenvalue weighted by Crippen LogP contribution is 2.32. The highest BCUT2D eigenvalue weighted by atomic mass is 16.5. The summed E-state index contributed by atoms with van der Waals surface area (Å²) >= 11 is 0. The highest BCUT2D eigenvalue weighted by Gasteiger charge is 2.46. The molecule has 2 aromatic rings. The number of aromatic nitrogens is 4. The van der Waals surface area contributed by atoms with Crippen molar-refractivity contribution in [2.75, 3.05) is 13.2 Å². The number of aliphatic hydroxyl groups excluding tert-OH is 2. The van der Waals surface area contributed by atoms with Crippen LogP contribution in [0.3, 0.4) is 0 Å². The number of H-pyrrole nitrogens is 1. The van der Waals surface area contributed by atoms with Gasteiger partial charge in [0, 0.05) is 6.42 Å². The third-order valence-corrected chi connectivity index (χ3v) is 3.25. The van der Waals surface area contributed by atoms with E-state index in [2.05, 4.69) is 15.0 Å². The molecule has 0 amide bonds. The first kappa shape index (κ1) is 11.3. The first-order valence-corrected chi connectivity index (χ1v) is 5.53. The Morgan fingerprint density at radius 3 is 3.11 bits per heavy atom. The van der Waals surface area contributed by atoms with Crippen LogP contribution in [0, 0.1) is 0 Å². The zero-order valence-electron chi connectivity index (χ0n) is 9.41. The minimum atomic E-state index is -1.29. The first-order valence-electron chi connectivity index (χ1n) is 5.53. The molecule has 0 aromatic carbocycles. The van der Waals surface area contributed by atoms with Crippen molar-refractivity contribution in [2.45, 2.75) is 18.2 Å². The number of nitrogens with one attached hydrogen (secondary N) is 1. The van der Waals surface area contributed by atoms with Crippen LogP contribution < -0.4 is 5.56 Å². The number of aliphatic hydroxyl groups is 2. The largest absolute Gasteiger partial charge is 0.391 e. The molecular weight excluding hydrogens is 240 g/mol. The molecule has 2 atom stereocenters. The fraction of sp³-hybridized carbons (Fsp3) is 0.500. The Morgan fingerprint density at radius 2 is 2.44 bits per heavy atom. The second kappa shape index (κ2) is 3.87. The summed E-state index contributed by atoms with van der Waals surface area (Å²) < 4.78 is 6.92. The Hall–Kier alpha value is -1.77. The molecule has 0 unspecified atom stereocenters. The molecule has 3 heterocycles. The van der Waals surface area contributed by atoms with Crippen LogP contribution in [0.5, 0.6) is 0 Å². The summed E-state index contributed by atoms with van der Waals surface area (Å²) in [7, 11) is 0. The van der Waals surface area contributed by atoms with Gasteiger partial charge < -0.3 is 19.9 Å². The summed E-state index contributed by atoms with van der Waals surface area (Å²) in [6.07, 6.45) is 2.15. The zero-order valence-corrected chi connectivity index (χ0v) is 9.41. The Kier molecular flexibility index (Phi) is 2.44. The average molecular weight is 252 g/mol. The lowest BCUT2D eigenvalue weighted by atomic mass is 10.1. The molecule has 8 nitrogen and oxygen atoms in total. The summed E-state index contributed by atoms with van der Waals surface area (Å²) in [5, 5.41) is 19.5. The Balaban J connectivity index is 2.25. The fourth-order valence-corrected chi connectivity index (χ4v) is 2.27. The Labute approximate surface area is 101 Å². The third-order valence-electron chi connectivity index (χ3n) is 3.25. The van der Waals surface area contributed by atoms with Crippen molar-refractivity contribution in [1.29, 1.82) is 0 Å². The molecule has 1 aliphatic heterocycles. The summed E-state index contributed by atoms with van der Waals surface area (Å²) in [5.74, 6) is 0. The van der Waals surface area contributed by atoms with Gasteiger partial charge in [-0.2, -0.15) is 4.98 Å². The van der Waals surface area contributed by atoms with Crippen LogP contribution in [0.25, 0.3) is 11.2 Å². The van der Waals surface area contributed by atoms with Crippen LogP contribution in [-0.2, 0) is 10.5 Å². The van der Waals surface area contributed by atoms with E-state index in [-0.39, 0.29) is 5.52 Å². The fourth-order valence-electron chi connectivity index (χ4n) is 2.27. The predicted molar refractivity (Wildman–Crippen MR) is 59.8 cm³/mol. The highest BCUT2D eigenvalue weighted by molar-refractivity contribution is 5.69. The number of rotatable bonds is 2. The van der Waals surface area contributed by atoms with Gasteiger partial charge in [-0.3, -0.25) is 9.36 Å². The maximum Gasteiger partial charge on any atom is 0.300 e. The minimum Gasteiger partial charge on any atom is -0.391 e. The van der Waals surface area contributed by atoms with E-state index < -0.39 is 24.0 Å². The molecule has 0 aliphatic carbocycles. The van der Waals surface area contributed by atoms with E-state index >= 15 is 0 Å². The summed E-state index contributed by atoms with van der Waals surface area (Å²) in [6.45, 7) is -0.0826. The normalized spacial score (nSPS) is 28.0. The predicted octanol–water partition coefficient (Wildman–Crippen LogP) is -1.45. The number of nitrogens with zero attached hydrogens (tertiary/aromatic N) is 3. The van der Waals surface area contributed by atoms with E-state index in [4.69, 9.17) is 4.74 Å². The van der Waals surface area contributed by atoms with Crippen LogP contribution in [-0.4, -0.2) is 49.0 Å². The van der Waals surface area contributed by atoms with Gasteiger partial charge in [-0.15, -0.1) is 0 Å². The van der Waals surface area contributed by atoms with Crippen molar-refractivity contribution >= 4 is 11.2 Å². The smallest absolute Gasteiger partial charge is 0.300 e. The zero-order chi connectivity index (χ0) is 12.8. The molecule has 3 N–H and O–H groups in total. The number of imidazole rings is 1. The van der Waals surface area contributed by atoms with Gasteiger partial charge in [-0.25, -0.2) is 4.98 Å². The molecule has 18 heavy (non-hydrogen) atoms. The molecule has 1 fully saturated rings. The van der Waals surface area contributed by atoms with E-state index in [9.17, 15) is 15.0 Å². The maximum absolute atomic E-state index is 11.5. The second-order valence-electron chi connectivity index (χ2n) is 4.18. The lowest BCUT2D eigenvalue weighted by molar-refractivity contribution is -0.146. The first-order chi connectivity index (χ1) is 8.69. The Bertz CT molecular complexity index is 636. The van der Waals surface area contributed by atoms with Gasteiger partial charge in [0.2, 0.25) is 0 Å². The third kappa shape index (κ3) is 1.33. The minimum absolute atomic E-state index is 0.146. The molecule has 96 valence electrons. The number of hydrogen-bond donors (Lipinski definition) is 3. The SMILES string of the molecule is O=c1nc[nH]c2c1ncn2[C@@]1(CO)OCC[C@@H]1O. The molecule has 1 aliphatic rings. The van der Waals surface area contributed by atoms with Crippen LogP contribution in [0.1, 0.15) is 6.42 Å². The van der Waals surface area contributed by atoms with E-state index in [1.54, 1.807) is 0 Å². The van der Waals surface area contributed by atoms with Crippen molar-refractivity contribution in [1.82, 2.24) is 19.5 Å². The molecule has 1 saturated heterocycles. The molecule has 0 spiro atoms. The maximum atomic E-state index is 11.5. The molecule has 8 heteroatoms. The topological polar surface area (TPSA) is 113 Å². The Morgan fingerprint density at radius 1 is 1.61 bits per heavy atom. The number of fused-ring (bicyclic) bond motifs is 1. The molecular formula is C10H12N4O4. The second-order valence-corrected chi connectivity index (χ2v) is 4.18. The van der Waals surface area contributed by atoms with Gasteiger partial charge in [0.25, 0.3) is 0 Å². The molecule has 0 bridgehead atoms.